The van der Waals surface area contributed by atoms with E-state index in [1.54, 1.807) is 5.56 Å². The van der Waals surface area contributed by atoms with Gasteiger partial charge in [-0.3, -0.25) is 0 Å². The predicted molar refractivity (Wildman–Crippen MR) is 93.1 cm³/mol. The van der Waals surface area contributed by atoms with Crippen LogP contribution in [-0.4, -0.2) is 18.8 Å². The standard InChI is InChI=1S/C18H29NS/c20-16-9-5-3-1-2-4-8-14-19-15-10-12-17-11-6-7-13-18(17)19/h6-7,11,13,20H,1-5,8-10,12,14-16H2. The number of rotatable bonds is 9. The number of para-hydroxylation sites is 1. The highest BCUT2D eigenvalue weighted by Gasteiger charge is 2.15. The summed E-state index contributed by atoms with van der Waals surface area (Å²) in [4.78, 5) is 2.60. The molecular weight excluding hydrogens is 262 g/mol. The summed E-state index contributed by atoms with van der Waals surface area (Å²) in [6.07, 6.45) is 12.2. The van der Waals surface area contributed by atoms with Gasteiger partial charge in [0.15, 0.2) is 0 Å². The molecule has 1 nitrogen and oxygen atoms in total. The maximum absolute atomic E-state index is 4.26. The smallest absolute Gasteiger partial charge is 0.0398 e. The van der Waals surface area contributed by atoms with Crippen molar-refractivity contribution in [2.75, 3.05) is 23.7 Å². The normalized spacial score (nSPS) is 14.3. The van der Waals surface area contributed by atoms with Crippen molar-refractivity contribution in [1.29, 1.82) is 0 Å². The van der Waals surface area contributed by atoms with Crippen molar-refractivity contribution in [3.05, 3.63) is 29.8 Å². The summed E-state index contributed by atoms with van der Waals surface area (Å²) in [6.45, 7) is 2.49. The van der Waals surface area contributed by atoms with E-state index in [4.69, 9.17) is 0 Å². The Kier molecular flexibility index (Phi) is 7.35. The molecular formula is C18H29NS. The van der Waals surface area contributed by atoms with Crippen LogP contribution >= 0.6 is 12.6 Å². The highest BCUT2D eigenvalue weighted by molar-refractivity contribution is 7.80. The van der Waals surface area contributed by atoms with Gasteiger partial charge in [0.05, 0.1) is 0 Å². The minimum absolute atomic E-state index is 1.05. The van der Waals surface area contributed by atoms with E-state index in [1.165, 1.54) is 76.6 Å². The van der Waals surface area contributed by atoms with Crippen molar-refractivity contribution in [3.8, 4) is 0 Å². The van der Waals surface area contributed by atoms with E-state index in [2.05, 4.69) is 41.8 Å². The van der Waals surface area contributed by atoms with Gasteiger partial charge in [-0.2, -0.15) is 12.6 Å². The van der Waals surface area contributed by atoms with E-state index in [-0.39, 0.29) is 0 Å². The molecule has 0 spiro atoms. The van der Waals surface area contributed by atoms with Gasteiger partial charge in [-0.25, -0.2) is 0 Å². The number of fused-ring (bicyclic) bond motifs is 1. The average molecular weight is 292 g/mol. The molecule has 0 radical (unpaired) electrons. The molecule has 0 saturated heterocycles. The first kappa shape index (κ1) is 15.8. The maximum Gasteiger partial charge on any atom is 0.0398 e. The van der Waals surface area contributed by atoms with Crippen LogP contribution in [0.15, 0.2) is 24.3 Å². The number of thiol groups is 1. The largest absolute Gasteiger partial charge is 0.371 e. The molecule has 0 N–H and O–H groups in total. The fourth-order valence-electron chi connectivity index (χ4n) is 3.14. The number of unbranched alkanes of at least 4 members (excludes halogenated alkanes) is 6. The molecule has 0 saturated carbocycles. The highest BCUT2D eigenvalue weighted by Crippen LogP contribution is 2.26. The van der Waals surface area contributed by atoms with Crippen molar-refractivity contribution in [3.63, 3.8) is 0 Å². The van der Waals surface area contributed by atoms with Crippen LogP contribution in [0.3, 0.4) is 0 Å². The second kappa shape index (κ2) is 9.33. The van der Waals surface area contributed by atoms with E-state index in [9.17, 15) is 0 Å². The fourth-order valence-corrected chi connectivity index (χ4v) is 3.37. The lowest BCUT2D eigenvalue weighted by Gasteiger charge is -2.31. The molecule has 0 amide bonds. The molecule has 20 heavy (non-hydrogen) atoms. The Labute approximate surface area is 130 Å². The summed E-state index contributed by atoms with van der Waals surface area (Å²) in [5.41, 5.74) is 3.04. The maximum atomic E-state index is 4.26. The molecule has 2 rings (SSSR count). The van der Waals surface area contributed by atoms with Crippen LogP contribution in [0.1, 0.15) is 56.9 Å². The lowest BCUT2D eigenvalue weighted by Crippen LogP contribution is -2.30. The Morgan fingerprint density at radius 3 is 2.40 bits per heavy atom. The summed E-state index contributed by atoms with van der Waals surface area (Å²) >= 11 is 4.26. The molecule has 2 heteroatoms. The van der Waals surface area contributed by atoms with Crippen molar-refractivity contribution in [1.82, 2.24) is 0 Å². The molecule has 0 bridgehead atoms. The van der Waals surface area contributed by atoms with Gasteiger partial charge >= 0.3 is 0 Å². The van der Waals surface area contributed by atoms with Gasteiger partial charge in [-0.1, -0.05) is 50.3 Å². The van der Waals surface area contributed by atoms with E-state index < -0.39 is 0 Å². The fraction of sp³-hybridized carbons (Fsp3) is 0.667. The van der Waals surface area contributed by atoms with E-state index in [1.807, 2.05) is 0 Å². The number of hydrogen-bond donors (Lipinski definition) is 1. The van der Waals surface area contributed by atoms with Crippen LogP contribution in [-0.2, 0) is 6.42 Å². The minimum Gasteiger partial charge on any atom is -0.371 e. The van der Waals surface area contributed by atoms with Crippen molar-refractivity contribution >= 4 is 18.3 Å². The van der Waals surface area contributed by atoms with Gasteiger partial charge < -0.3 is 4.90 Å². The zero-order chi connectivity index (χ0) is 14.0. The second-order valence-electron chi connectivity index (χ2n) is 5.92. The average Bonchev–Trinajstić information content (AvgIpc) is 2.50. The molecule has 112 valence electrons. The third-order valence-corrected chi connectivity index (χ3v) is 4.61. The van der Waals surface area contributed by atoms with Gasteiger partial charge in [-0.05, 0) is 43.1 Å². The number of nitrogens with zero attached hydrogens (tertiary/aromatic N) is 1. The van der Waals surface area contributed by atoms with Crippen molar-refractivity contribution in [2.45, 2.75) is 57.8 Å². The van der Waals surface area contributed by atoms with Crippen LogP contribution in [0, 0.1) is 0 Å². The summed E-state index contributed by atoms with van der Waals surface area (Å²) in [6, 6.07) is 8.95. The van der Waals surface area contributed by atoms with Gasteiger partial charge in [0.1, 0.15) is 0 Å². The Balaban J connectivity index is 1.61. The second-order valence-corrected chi connectivity index (χ2v) is 6.37. The summed E-state index contributed by atoms with van der Waals surface area (Å²) < 4.78 is 0. The van der Waals surface area contributed by atoms with Gasteiger partial charge in [0.25, 0.3) is 0 Å². The lowest BCUT2D eigenvalue weighted by atomic mass is 10.0. The molecule has 1 aromatic carbocycles. The highest BCUT2D eigenvalue weighted by atomic mass is 32.1. The van der Waals surface area contributed by atoms with Crippen molar-refractivity contribution in [2.24, 2.45) is 0 Å². The third-order valence-electron chi connectivity index (χ3n) is 4.29. The first-order valence-electron chi connectivity index (χ1n) is 8.35. The lowest BCUT2D eigenvalue weighted by molar-refractivity contribution is 0.577. The van der Waals surface area contributed by atoms with Crippen LogP contribution in [0.2, 0.25) is 0 Å². The summed E-state index contributed by atoms with van der Waals surface area (Å²) in [5, 5.41) is 0. The quantitative estimate of drug-likeness (QED) is 0.489. The monoisotopic (exact) mass is 291 g/mol. The summed E-state index contributed by atoms with van der Waals surface area (Å²) in [5.74, 6) is 1.05. The number of anilines is 1. The zero-order valence-electron chi connectivity index (χ0n) is 12.7. The molecule has 0 aliphatic carbocycles. The van der Waals surface area contributed by atoms with Gasteiger partial charge in [-0.15, -0.1) is 0 Å². The number of aryl methyl sites for hydroxylation is 1. The Morgan fingerprint density at radius 2 is 1.60 bits per heavy atom. The Hall–Kier alpha value is -0.630. The number of hydrogen-bond acceptors (Lipinski definition) is 2. The molecule has 1 aromatic rings. The van der Waals surface area contributed by atoms with Crippen LogP contribution in [0.5, 0.6) is 0 Å². The minimum atomic E-state index is 1.05. The molecule has 0 aromatic heterocycles. The Bertz CT molecular complexity index is 377. The van der Waals surface area contributed by atoms with Crippen molar-refractivity contribution < 1.29 is 0 Å². The zero-order valence-corrected chi connectivity index (χ0v) is 13.6. The Morgan fingerprint density at radius 1 is 0.900 bits per heavy atom. The molecule has 1 aliphatic heterocycles. The predicted octanol–water partition coefficient (Wildman–Crippen LogP) is 5.10. The SMILES string of the molecule is SCCCCCCCCCN1CCCc2ccccc21. The van der Waals surface area contributed by atoms with Gasteiger partial charge in [0, 0.05) is 18.8 Å². The van der Waals surface area contributed by atoms with E-state index in [0.29, 0.717) is 0 Å². The molecule has 1 heterocycles. The van der Waals surface area contributed by atoms with Gasteiger partial charge in [0.2, 0.25) is 0 Å². The summed E-state index contributed by atoms with van der Waals surface area (Å²) in [7, 11) is 0. The number of benzene rings is 1. The van der Waals surface area contributed by atoms with Crippen LogP contribution < -0.4 is 4.90 Å². The van der Waals surface area contributed by atoms with Crippen LogP contribution in [0.25, 0.3) is 0 Å². The first-order chi connectivity index (χ1) is 9.92. The van der Waals surface area contributed by atoms with E-state index >= 15 is 0 Å². The molecule has 0 unspecified atom stereocenters. The molecule has 0 atom stereocenters. The molecule has 0 fully saturated rings. The van der Waals surface area contributed by atoms with E-state index in [0.717, 1.165) is 5.75 Å². The van der Waals surface area contributed by atoms with Crippen LogP contribution in [0.4, 0.5) is 5.69 Å². The third kappa shape index (κ3) is 5.05. The molecule has 1 aliphatic rings. The first-order valence-corrected chi connectivity index (χ1v) is 8.99. The topological polar surface area (TPSA) is 3.24 Å².